The number of piperidine rings is 1. The van der Waals surface area contributed by atoms with Crippen molar-refractivity contribution in [3.63, 3.8) is 0 Å². The van der Waals surface area contributed by atoms with Crippen molar-refractivity contribution < 1.29 is 23.9 Å². The highest BCUT2D eigenvalue weighted by Crippen LogP contribution is 2.34. The largest absolute Gasteiger partial charge is 0.493 e. The van der Waals surface area contributed by atoms with E-state index in [0.29, 0.717) is 24.4 Å². The van der Waals surface area contributed by atoms with Crippen molar-refractivity contribution >= 4 is 23.6 Å². The van der Waals surface area contributed by atoms with E-state index >= 15 is 0 Å². The Labute approximate surface area is 270 Å². The minimum absolute atomic E-state index is 0.0853. The Morgan fingerprint density at radius 3 is 2.02 bits per heavy atom. The third-order valence-electron chi connectivity index (χ3n) is 9.61. The SMILES string of the molecule is CN(CCCOc1cccc2c1C(=O)N(C1CCC(=O)NC1=O)C2=O)C1CCC(N(Cc2ccccc2)Cc2ccccc2)CC1. The fraction of sp³-hybridized carbons (Fsp3) is 0.405. The first-order valence-electron chi connectivity index (χ1n) is 16.4. The lowest BCUT2D eigenvalue weighted by Crippen LogP contribution is -2.54. The first-order chi connectivity index (χ1) is 22.4. The molecule has 2 heterocycles. The van der Waals surface area contributed by atoms with Crippen LogP contribution >= 0.6 is 0 Å². The van der Waals surface area contributed by atoms with Gasteiger partial charge in [-0.15, -0.1) is 0 Å². The van der Waals surface area contributed by atoms with Crippen molar-refractivity contribution in [3.8, 4) is 5.75 Å². The van der Waals surface area contributed by atoms with Gasteiger partial charge in [0.25, 0.3) is 11.8 Å². The van der Waals surface area contributed by atoms with Gasteiger partial charge in [-0.1, -0.05) is 66.7 Å². The summed E-state index contributed by atoms with van der Waals surface area (Å²) in [5, 5.41) is 2.23. The Bertz CT molecular complexity index is 1510. The third-order valence-corrected chi connectivity index (χ3v) is 9.61. The monoisotopic (exact) mass is 622 g/mol. The summed E-state index contributed by atoms with van der Waals surface area (Å²) in [4.78, 5) is 56.5. The maximum absolute atomic E-state index is 13.3. The van der Waals surface area contributed by atoms with Crippen LogP contribution in [0.2, 0.25) is 0 Å². The number of hydrogen-bond donors (Lipinski definition) is 1. The lowest BCUT2D eigenvalue weighted by Gasteiger charge is -2.40. The molecule has 1 N–H and O–H groups in total. The van der Waals surface area contributed by atoms with E-state index in [0.717, 1.165) is 56.6 Å². The molecular weight excluding hydrogens is 580 g/mol. The van der Waals surface area contributed by atoms with E-state index in [1.807, 2.05) is 0 Å². The van der Waals surface area contributed by atoms with Crippen LogP contribution in [0.1, 0.15) is 76.8 Å². The zero-order valence-electron chi connectivity index (χ0n) is 26.4. The first kappa shape index (κ1) is 31.6. The number of carbonyl (C=O) groups excluding carboxylic acids is 4. The van der Waals surface area contributed by atoms with Crippen LogP contribution in [0.3, 0.4) is 0 Å². The highest BCUT2D eigenvalue weighted by molar-refractivity contribution is 6.24. The summed E-state index contributed by atoms with van der Waals surface area (Å²) in [5.74, 6) is -1.74. The number of ether oxygens (including phenoxy) is 1. The van der Waals surface area contributed by atoms with Gasteiger partial charge < -0.3 is 9.64 Å². The average Bonchev–Trinajstić information content (AvgIpc) is 3.33. The summed E-state index contributed by atoms with van der Waals surface area (Å²) >= 11 is 0. The Kier molecular flexibility index (Phi) is 9.90. The summed E-state index contributed by atoms with van der Waals surface area (Å²) in [6.07, 6.45) is 5.57. The van der Waals surface area contributed by atoms with Crippen LogP contribution in [-0.2, 0) is 22.7 Å². The minimum atomic E-state index is -0.995. The maximum Gasteiger partial charge on any atom is 0.266 e. The summed E-state index contributed by atoms with van der Waals surface area (Å²) < 4.78 is 6.06. The highest BCUT2D eigenvalue weighted by Gasteiger charge is 2.46. The Hall–Kier alpha value is -4.34. The molecular formula is C37H42N4O5. The number of imide groups is 2. The number of carbonyl (C=O) groups is 4. The molecule has 0 bridgehead atoms. The van der Waals surface area contributed by atoms with Gasteiger partial charge >= 0.3 is 0 Å². The van der Waals surface area contributed by atoms with Gasteiger partial charge in [-0.3, -0.25) is 34.3 Å². The van der Waals surface area contributed by atoms with Gasteiger partial charge in [0.15, 0.2) is 0 Å². The fourth-order valence-corrected chi connectivity index (χ4v) is 7.10. The standard InChI is InChI=1S/C37H42N4O5/c1-39(28-16-18-29(19-17-28)40(24-26-10-4-2-5-11-26)25-27-12-6-3-7-13-27)22-9-23-46-32-15-8-14-30-34(32)37(45)41(36(30)44)31-20-21-33(42)38-35(31)43/h2-8,10-15,28-29,31H,9,16-25H2,1H3,(H,38,42,43). The van der Waals surface area contributed by atoms with Gasteiger partial charge in [-0.2, -0.15) is 0 Å². The van der Waals surface area contributed by atoms with Crippen LogP contribution in [-0.4, -0.2) is 76.7 Å². The molecule has 3 aliphatic rings. The van der Waals surface area contributed by atoms with Crippen molar-refractivity contribution in [2.24, 2.45) is 0 Å². The van der Waals surface area contributed by atoms with Crippen molar-refractivity contribution in [1.82, 2.24) is 20.0 Å². The van der Waals surface area contributed by atoms with E-state index in [1.54, 1.807) is 18.2 Å². The van der Waals surface area contributed by atoms with E-state index < -0.39 is 29.7 Å². The molecule has 1 saturated heterocycles. The molecule has 1 aliphatic carbocycles. The van der Waals surface area contributed by atoms with Crippen LogP contribution in [0.15, 0.2) is 78.9 Å². The Balaban J connectivity index is 0.998. The molecule has 6 rings (SSSR count). The van der Waals surface area contributed by atoms with Crippen LogP contribution in [0, 0.1) is 0 Å². The molecule has 2 fully saturated rings. The van der Waals surface area contributed by atoms with Crippen LogP contribution in [0.4, 0.5) is 0 Å². The van der Waals surface area contributed by atoms with Crippen molar-refractivity contribution in [2.75, 3.05) is 20.2 Å². The van der Waals surface area contributed by atoms with Crippen LogP contribution in [0.5, 0.6) is 5.75 Å². The highest BCUT2D eigenvalue weighted by atomic mass is 16.5. The Morgan fingerprint density at radius 1 is 0.761 bits per heavy atom. The van der Waals surface area contributed by atoms with Gasteiger partial charge in [-0.25, -0.2) is 0 Å². The van der Waals surface area contributed by atoms with Gasteiger partial charge in [0, 0.05) is 38.1 Å². The van der Waals surface area contributed by atoms with Crippen molar-refractivity contribution in [3.05, 3.63) is 101 Å². The average molecular weight is 623 g/mol. The number of amides is 4. The molecule has 2 aliphatic heterocycles. The summed E-state index contributed by atoms with van der Waals surface area (Å²) in [6, 6.07) is 26.5. The molecule has 0 aromatic heterocycles. The molecule has 4 amide bonds. The number of hydrogen-bond acceptors (Lipinski definition) is 7. The quantitative estimate of drug-likeness (QED) is 0.229. The van der Waals surface area contributed by atoms with Crippen LogP contribution in [0.25, 0.3) is 0 Å². The van der Waals surface area contributed by atoms with E-state index in [2.05, 4.69) is 82.8 Å². The minimum Gasteiger partial charge on any atom is -0.493 e. The van der Waals surface area contributed by atoms with Gasteiger partial charge in [0.2, 0.25) is 11.8 Å². The van der Waals surface area contributed by atoms with E-state index in [-0.39, 0.29) is 24.0 Å². The third kappa shape index (κ3) is 7.06. The second kappa shape index (κ2) is 14.4. The Morgan fingerprint density at radius 2 is 1.39 bits per heavy atom. The molecule has 1 unspecified atom stereocenters. The van der Waals surface area contributed by atoms with Crippen LogP contribution < -0.4 is 10.1 Å². The lowest BCUT2D eigenvalue weighted by molar-refractivity contribution is -0.136. The fourth-order valence-electron chi connectivity index (χ4n) is 7.10. The molecule has 1 saturated carbocycles. The molecule has 3 aromatic carbocycles. The van der Waals surface area contributed by atoms with Gasteiger partial charge in [0.1, 0.15) is 11.8 Å². The van der Waals surface area contributed by atoms with E-state index in [1.165, 1.54) is 11.1 Å². The molecule has 9 nitrogen and oxygen atoms in total. The number of nitrogens with zero attached hydrogens (tertiary/aromatic N) is 3. The molecule has 0 radical (unpaired) electrons. The lowest BCUT2D eigenvalue weighted by atomic mass is 9.88. The maximum atomic E-state index is 13.3. The second-order valence-electron chi connectivity index (χ2n) is 12.6. The van der Waals surface area contributed by atoms with Crippen molar-refractivity contribution in [2.45, 2.75) is 76.2 Å². The van der Waals surface area contributed by atoms with Crippen molar-refractivity contribution in [1.29, 1.82) is 0 Å². The molecule has 9 heteroatoms. The number of benzene rings is 3. The molecule has 240 valence electrons. The number of rotatable bonds is 12. The second-order valence-corrected chi connectivity index (χ2v) is 12.6. The molecule has 0 spiro atoms. The molecule has 46 heavy (non-hydrogen) atoms. The molecule has 1 atom stereocenters. The van der Waals surface area contributed by atoms with E-state index in [4.69, 9.17) is 4.74 Å². The topological polar surface area (TPSA) is 99.3 Å². The summed E-state index contributed by atoms with van der Waals surface area (Å²) in [5.41, 5.74) is 3.11. The normalized spacial score (nSPS) is 21.5. The zero-order chi connectivity index (χ0) is 32.0. The molecule has 3 aromatic rings. The first-order valence-corrected chi connectivity index (χ1v) is 16.4. The number of fused-ring (bicyclic) bond motifs is 1. The van der Waals surface area contributed by atoms with E-state index in [9.17, 15) is 19.2 Å². The zero-order valence-corrected chi connectivity index (χ0v) is 26.4. The smallest absolute Gasteiger partial charge is 0.266 e. The predicted octanol–water partition coefficient (Wildman–Crippen LogP) is 4.80. The number of nitrogens with one attached hydrogen (secondary N) is 1. The predicted molar refractivity (Wildman–Crippen MR) is 174 cm³/mol. The van der Waals surface area contributed by atoms with Gasteiger partial charge in [-0.05, 0) is 68.8 Å². The summed E-state index contributed by atoms with van der Waals surface area (Å²) in [6.45, 7) is 3.15. The van der Waals surface area contributed by atoms with Gasteiger partial charge in [0.05, 0.1) is 17.7 Å². The summed E-state index contributed by atoms with van der Waals surface area (Å²) in [7, 11) is 2.18.